The molecule has 3 rings (SSSR count). The van der Waals surface area contributed by atoms with E-state index in [1.54, 1.807) is 6.20 Å². The first kappa shape index (κ1) is 9.33. The van der Waals surface area contributed by atoms with Gasteiger partial charge in [-0.2, -0.15) is 0 Å². The lowest BCUT2D eigenvalue weighted by Gasteiger charge is -2.06. The van der Waals surface area contributed by atoms with Gasteiger partial charge in [0.05, 0.1) is 12.5 Å². The fraction of sp³-hybridized carbons (Fsp3) is 0.364. The van der Waals surface area contributed by atoms with E-state index in [2.05, 4.69) is 24.8 Å². The molecule has 0 spiro atoms. The Morgan fingerprint density at radius 2 is 2.31 bits per heavy atom. The van der Waals surface area contributed by atoms with Crippen molar-refractivity contribution in [2.45, 2.75) is 18.9 Å². The maximum absolute atomic E-state index is 4.42. The van der Waals surface area contributed by atoms with Crippen LogP contribution in [0.25, 0.3) is 11.5 Å². The monoisotopic (exact) mass is 215 g/mol. The van der Waals surface area contributed by atoms with Crippen molar-refractivity contribution in [3.63, 3.8) is 0 Å². The summed E-state index contributed by atoms with van der Waals surface area (Å²) in [5.74, 6) is 1.56. The molecule has 1 aliphatic rings. The molecule has 2 aromatic rings. The number of aromatic nitrogens is 4. The molecule has 2 aromatic heterocycles. The molecule has 16 heavy (non-hydrogen) atoms. The fourth-order valence-corrected chi connectivity index (χ4v) is 1.74. The Morgan fingerprint density at radius 3 is 3.06 bits per heavy atom. The Hall–Kier alpha value is -1.91. The lowest BCUT2D eigenvalue weighted by molar-refractivity contribution is 0.743. The van der Waals surface area contributed by atoms with Crippen molar-refractivity contribution in [1.82, 2.24) is 19.5 Å². The van der Waals surface area contributed by atoms with Crippen LogP contribution in [-0.4, -0.2) is 26.6 Å². The van der Waals surface area contributed by atoms with E-state index < -0.39 is 0 Å². The van der Waals surface area contributed by atoms with Gasteiger partial charge in [-0.05, 0) is 18.9 Å². The summed E-state index contributed by atoms with van der Waals surface area (Å²) in [7, 11) is 1.85. The fourth-order valence-electron chi connectivity index (χ4n) is 1.74. The molecule has 5 heteroatoms. The highest BCUT2D eigenvalue weighted by molar-refractivity contribution is 5.52. The summed E-state index contributed by atoms with van der Waals surface area (Å²) in [4.78, 5) is 12.9. The second-order valence-corrected chi connectivity index (χ2v) is 3.93. The Labute approximate surface area is 93.6 Å². The molecule has 1 fully saturated rings. The summed E-state index contributed by atoms with van der Waals surface area (Å²) in [6.45, 7) is 0. The van der Waals surface area contributed by atoms with Gasteiger partial charge in [0.25, 0.3) is 0 Å². The minimum atomic E-state index is 0.597. The van der Waals surface area contributed by atoms with Crippen LogP contribution in [0, 0.1) is 0 Å². The summed E-state index contributed by atoms with van der Waals surface area (Å²) >= 11 is 0. The van der Waals surface area contributed by atoms with Crippen LogP contribution in [0.1, 0.15) is 18.9 Å². The van der Waals surface area contributed by atoms with Gasteiger partial charge in [0, 0.05) is 19.3 Å². The van der Waals surface area contributed by atoms with Gasteiger partial charge in [-0.25, -0.2) is 15.0 Å². The van der Waals surface area contributed by atoms with Crippen molar-refractivity contribution in [2.24, 2.45) is 0 Å². The van der Waals surface area contributed by atoms with Gasteiger partial charge < -0.3 is 9.88 Å². The average Bonchev–Trinajstić information content (AvgIpc) is 3.07. The van der Waals surface area contributed by atoms with Gasteiger partial charge in [0.15, 0.2) is 5.82 Å². The number of nitrogens with zero attached hydrogens (tertiary/aromatic N) is 4. The molecule has 0 amide bonds. The number of anilines is 1. The lowest BCUT2D eigenvalue weighted by Crippen LogP contribution is -2.00. The first-order valence-electron chi connectivity index (χ1n) is 5.41. The van der Waals surface area contributed by atoms with Gasteiger partial charge in [-0.1, -0.05) is 0 Å². The van der Waals surface area contributed by atoms with E-state index >= 15 is 0 Å². The van der Waals surface area contributed by atoms with E-state index in [9.17, 15) is 0 Å². The van der Waals surface area contributed by atoms with Crippen LogP contribution in [0.2, 0.25) is 0 Å². The molecule has 2 heterocycles. The Bertz CT molecular complexity index is 501. The summed E-state index contributed by atoms with van der Waals surface area (Å²) in [5.41, 5.74) is 1.000. The number of rotatable bonds is 3. The molecule has 1 aliphatic carbocycles. The lowest BCUT2D eigenvalue weighted by atomic mass is 10.4. The first-order valence-corrected chi connectivity index (χ1v) is 5.41. The number of imidazole rings is 1. The molecular weight excluding hydrogens is 202 g/mol. The number of nitrogens with one attached hydrogen (secondary N) is 1. The molecule has 0 unspecified atom stereocenters. The SMILES string of the molecule is CNc1ccnc(-c2cncn2C2CC2)n1. The van der Waals surface area contributed by atoms with E-state index in [0.29, 0.717) is 6.04 Å². The van der Waals surface area contributed by atoms with Crippen LogP contribution in [0.4, 0.5) is 5.82 Å². The number of hydrogen-bond donors (Lipinski definition) is 1. The smallest absolute Gasteiger partial charge is 0.179 e. The molecule has 82 valence electrons. The summed E-state index contributed by atoms with van der Waals surface area (Å²) < 4.78 is 2.16. The molecule has 0 aromatic carbocycles. The molecule has 1 N–H and O–H groups in total. The van der Waals surface area contributed by atoms with Crippen molar-refractivity contribution in [2.75, 3.05) is 12.4 Å². The second-order valence-electron chi connectivity index (χ2n) is 3.93. The molecule has 0 aliphatic heterocycles. The molecule has 0 bridgehead atoms. The Balaban J connectivity index is 2.03. The van der Waals surface area contributed by atoms with Crippen LogP contribution >= 0.6 is 0 Å². The maximum atomic E-state index is 4.42. The van der Waals surface area contributed by atoms with E-state index in [1.807, 2.05) is 25.6 Å². The zero-order chi connectivity index (χ0) is 11.0. The molecule has 0 saturated heterocycles. The largest absolute Gasteiger partial charge is 0.373 e. The van der Waals surface area contributed by atoms with Gasteiger partial charge in [0.1, 0.15) is 11.5 Å². The van der Waals surface area contributed by atoms with E-state index in [-0.39, 0.29) is 0 Å². The minimum Gasteiger partial charge on any atom is -0.373 e. The van der Waals surface area contributed by atoms with Crippen LogP contribution in [0.15, 0.2) is 24.8 Å². The maximum Gasteiger partial charge on any atom is 0.179 e. The van der Waals surface area contributed by atoms with Gasteiger partial charge in [-0.15, -0.1) is 0 Å². The van der Waals surface area contributed by atoms with Crippen LogP contribution in [0.5, 0.6) is 0 Å². The summed E-state index contributed by atoms with van der Waals surface area (Å²) in [5, 5.41) is 3.01. The predicted molar refractivity (Wildman–Crippen MR) is 61.1 cm³/mol. The third-order valence-electron chi connectivity index (χ3n) is 2.75. The van der Waals surface area contributed by atoms with Crippen molar-refractivity contribution in [1.29, 1.82) is 0 Å². The third kappa shape index (κ3) is 1.54. The normalized spacial score (nSPS) is 15.1. The molecule has 0 atom stereocenters. The first-order chi connectivity index (χ1) is 7.88. The highest BCUT2D eigenvalue weighted by Crippen LogP contribution is 2.37. The van der Waals surface area contributed by atoms with Crippen molar-refractivity contribution in [3.05, 3.63) is 24.8 Å². The van der Waals surface area contributed by atoms with Gasteiger partial charge in [-0.3, -0.25) is 0 Å². The van der Waals surface area contributed by atoms with Gasteiger partial charge >= 0.3 is 0 Å². The minimum absolute atomic E-state index is 0.597. The van der Waals surface area contributed by atoms with E-state index in [0.717, 1.165) is 17.3 Å². The van der Waals surface area contributed by atoms with Crippen molar-refractivity contribution in [3.8, 4) is 11.5 Å². The Kier molecular flexibility index (Phi) is 2.09. The van der Waals surface area contributed by atoms with E-state index in [1.165, 1.54) is 12.8 Å². The van der Waals surface area contributed by atoms with Crippen LogP contribution < -0.4 is 5.32 Å². The molecule has 0 radical (unpaired) electrons. The zero-order valence-electron chi connectivity index (χ0n) is 9.09. The predicted octanol–water partition coefficient (Wildman–Crippen LogP) is 1.72. The zero-order valence-corrected chi connectivity index (χ0v) is 9.09. The van der Waals surface area contributed by atoms with Crippen LogP contribution in [-0.2, 0) is 0 Å². The summed E-state index contributed by atoms with van der Waals surface area (Å²) in [6, 6.07) is 2.45. The van der Waals surface area contributed by atoms with Crippen molar-refractivity contribution < 1.29 is 0 Å². The third-order valence-corrected chi connectivity index (χ3v) is 2.75. The second kappa shape index (κ2) is 3.59. The van der Waals surface area contributed by atoms with Crippen molar-refractivity contribution >= 4 is 5.82 Å². The van der Waals surface area contributed by atoms with E-state index in [4.69, 9.17) is 0 Å². The average molecular weight is 215 g/mol. The highest BCUT2D eigenvalue weighted by Gasteiger charge is 2.26. The molecule has 1 saturated carbocycles. The summed E-state index contributed by atoms with van der Waals surface area (Å²) in [6.07, 6.45) is 7.91. The Morgan fingerprint density at radius 1 is 1.44 bits per heavy atom. The molecule has 5 nitrogen and oxygen atoms in total. The molecular formula is C11H13N5. The standard InChI is InChI=1S/C11H13N5/c1-12-10-4-5-14-11(15-10)9-6-13-7-16(9)8-2-3-8/h4-8H,2-3H2,1H3,(H,12,14,15). The highest BCUT2D eigenvalue weighted by atomic mass is 15.1. The quantitative estimate of drug-likeness (QED) is 0.847. The van der Waals surface area contributed by atoms with Gasteiger partial charge in [0.2, 0.25) is 0 Å². The topological polar surface area (TPSA) is 55.6 Å². The number of hydrogen-bond acceptors (Lipinski definition) is 4. The van der Waals surface area contributed by atoms with Crippen LogP contribution in [0.3, 0.4) is 0 Å².